The van der Waals surface area contributed by atoms with Crippen molar-refractivity contribution in [1.29, 1.82) is 0 Å². The average molecular weight is 301 g/mol. The van der Waals surface area contributed by atoms with E-state index in [-0.39, 0.29) is 8.59 Å². The predicted molar refractivity (Wildman–Crippen MR) is 50.8 cm³/mol. The van der Waals surface area contributed by atoms with Crippen molar-refractivity contribution in [3.63, 3.8) is 0 Å². The van der Waals surface area contributed by atoms with Gasteiger partial charge in [-0.3, -0.25) is 10.1 Å². The second-order valence-corrected chi connectivity index (χ2v) is 3.54. The van der Waals surface area contributed by atoms with Crippen molar-refractivity contribution in [3.8, 4) is 0 Å². The van der Waals surface area contributed by atoms with Gasteiger partial charge < -0.3 is 0 Å². The first-order valence-electron chi connectivity index (χ1n) is 2.81. The number of nitrogens with zero attached hydrogens (tertiary/aromatic N) is 1. The lowest BCUT2D eigenvalue weighted by molar-refractivity contribution is -0.384. The first-order valence-corrected chi connectivity index (χ1v) is 4.27. The molecular formula is C6H2ClFINO2. The highest BCUT2D eigenvalue weighted by Crippen LogP contribution is 2.27. The molecule has 0 spiro atoms. The maximum Gasteiger partial charge on any atom is 0.290 e. The third-order valence-corrected chi connectivity index (χ3v) is 2.32. The lowest BCUT2D eigenvalue weighted by Gasteiger charge is -1.96. The van der Waals surface area contributed by atoms with Crippen molar-refractivity contribution < 1.29 is 9.31 Å². The Balaban J connectivity index is 3.33. The van der Waals surface area contributed by atoms with Crippen LogP contribution in [-0.2, 0) is 0 Å². The molecule has 0 bridgehead atoms. The van der Waals surface area contributed by atoms with Crippen LogP contribution >= 0.6 is 34.2 Å². The molecule has 0 atom stereocenters. The lowest BCUT2D eigenvalue weighted by atomic mass is 10.3. The molecule has 0 N–H and O–H groups in total. The summed E-state index contributed by atoms with van der Waals surface area (Å²) < 4.78 is 13.0. The fourth-order valence-electron chi connectivity index (χ4n) is 0.652. The Bertz CT molecular complexity index is 345. The van der Waals surface area contributed by atoms with Gasteiger partial charge in [0.25, 0.3) is 5.69 Å². The Morgan fingerprint density at radius 1 is 1.58 bits per heavy atom. The molecule has 0 aliphatic heterocycles. The molecule has 12 heavy (non-hydrogen) atoms. The normalized spacial score (nSPS) is 9.92. The van der Waals surface area contributed by atoms with E-state index < -0.39 is 16.4 Å². The zero-order valence-corrected chi connectivity index (χ0v) is 8.47. The zero-order chi connectivity index (χ0) is 9.30. The SMILES string of the molecule is O=[N+]([O-])c1cc(F)c(I)cc1Cl. The first kappa shape index (κ1) is 9.66. The second-order valence-electron chi connectivity index (χ2n) is 1.97. The van der Waals surface area contributed by atoms with Crippen LogP contribution in [0.5, 0.6) is 0 Å². The van der Waals surface area contributed by atoms with E-state index in [4.69, 9.17) is 11.6 Å². The summed E-state index contributed by atoms with van der Waals surface area (Å²) in [5.74, 6) is -0.633. The number of nitro benzene ring substituents is 1. The molecule has 64 valence electrons. The van der Waals surface area contributed by atoms with Crippen molar-refractivity contribution >= 4 is 39.9 Å². The van der Waals surface area contributed by atoms with E-state index in [1.807, 2.05) is 0 Å². The second kappa shape index (κ2) is 3.53. The monoisotopic (exact) mass is 301 g/mol. The minimum Gasteiger partial charge on any atom is -0.258 e. The van der Waals surface area contributed by atoms with Crippen molar-refractivity contribution in [2.24, 2.45) is 0 Å². The third-order valence-electron chi connectivity index (χ3n) is 1.19. The molecule has 1 aromatic carbocycles. The molecule has 1 aromatic rings. The van der Waals surface area contributed by atoms with Crippen LogP contribution < -0.4 is 0 Å². The van der Waals surface area contributed by atoms with E-state index in [0.29, 0.717) is 0 Å². The van der Waals surface area contributed by atoms with Gasteiger partial charge in [-0.1, -0.05) is 11.6 Å². The Kier molecular flexibility index (Phi) is 2.84. The highest BCUT2D eigenvalue weighted by Gasteiger charge is 2.15. The standard InChI is InChI=1S/C6H2ClFINO2/c7-3-1-5(9)4(8)2-6(3)10(11)12/h1-2H. The molecule has 1 rings (SSSR count). The highest BCUT2D eigenvalue weighted by atomic mass is 127. The van der Waals surface area contributed by atoms with E-state index in [1.54, 1.807) is 22.6 Å². The minimum absolute atomic E-state index is 0.0502. The maximum atomic E-state index is 12.7. The molecule has 0 amide bonds. The van der Waals surface area contributed by atoms with Gasteiger partial charge >= 0.3 is 0 Å². The highest BCUT2D eigenvalue weighted by molar-refractivity contribution is 14.1. The average Bonchev–Trinajstić information content (AvgIpc) is 1.96. The van der Waals surface area contributed by atoms with Gasteiger partial charge in [0.1, 0.15) is 10.8 Å². The van der Waals surface area contributed by atoms with Gasteiger partial charge in [0.05, 0.1) is 14.6 Å². The third kappa shape index (κ3) is 1.84. The summed E-state index contributed by atoms with van der Waals surface area (Å²) in [5.41, 5.74) is -0.408. The molecule has 0 fully saturated rings. The number of hydrogen-bond acceptors (Lipinski definition) is 2. The summed E-state index contributed by atoms with van der Waals surface area (Å²) in [4.78, 5) is 9.52. The number of halogens is 3. The van der Waals surface area contributed by atoms with Crippen molar-refractivity contribution in [2.45, 2.75) is 0 Å². The van der Waals surface area contributed by atoms with Crippen LogP contribution in [0.4, 0.5) is 10.1 Å². The van der Waals surface area contributed by atoms with Gasteiger partial charge in [-0.2, -0.15) is 0 Å². The quantitative estimate of drug-likeness (QED) is 0.346. The summed E-state index contributed by atoms with van der Waals surface area (Å²) in [7, 11) is 0. The van der Waals surface area contributed by atoms with E-state index in [9.17, 15) is 14.5 Å². The van der Waals surface area contributed by atoms with Crippen LogP contribution in [0, 0.1) is 19.5 Å². The summed E-state index contributed by atoms with van der Waals surface area (Å²) in [5, 5.41) is 10.2. The molecule has 0 radical (unpaired) electrons. The number of nitro groups is 1. The largest absolute Gasteiger partial charge is 0.290 e. The molecule has 0 saturated heterocycles. The van der Waals surface area contributed by atoms with Crippen molar-refractivity contribution in [1.82, 2.24) is 0 Å². The number of hydrogen-bond donors (Lipinski definition) is 0. The van der Waals surface area contributed by atoms with Crippen molar-refractivity contribution in [2.75, 3.05) is 0 Å². The van der Waals surface area contributed by atoms with Gasteiger partial charge in [0.15, 0.2) is 0 Å². The molecule has 0 aromatic heterocycles. The van der Waals surface area contributed by atoms with E-state index in [0.717, 1.165) is 6.07 Å². The topological polar surface area (TPSA) is 43.1 Å². The Labute approximate surface area is 85.8 Å². The fraction of sp³-hybridized carbons (Fsp3) is 0. The molecule has 0 aliphatic carbocycles. The summed E-state index contributed by atoms with van der Waals surface area (Å²) in [6.07, 6.45) is 0. The van der Waals surface area contributed by atoms with E-state index >= 15 is 0 Å². The maximum absolute atomic E-state index is 12.7. The first-order chi connectivity index (χ1) is 5.52. The molecule has 6 heteroatoms. The molecular weight excluding hydrogens is 299 g/mol. The fourth-order valence-corrected chi connectivity index (χ4v) is 1.54. The summed E-state index contributed by atoms with van der Waals surface area (Å²) in [6.45, 7) is 0. The Hall–Kier alpha value is -0.430. The van der Waals surface area contributed by atoms with Gasteiger partial charge in [0, 0.05) is 0 Å². The van der Waals surface area contributed by atoms with Gasteiger partial charge in [0.2, 0.25) is 0 Å². The number of benzene rings is 1. The predicted octanol–water partition coefficient (Wildman–Crippen LogP) is 2.99. The molecule has 0 aliphatic rings. The van der Waals surface area contributed by atoms with Gasteiger partial charge in [-0.05, 0) is 28.7 Å². The van der Waals surface area contributed by atoms with Gasteiger partial charge in [-0.15, -0.1) is 0 Å². The Morgan fingerprint density at radius 2 is 2.17 bits per heavy atom. The van der Waals surface area contributed by atoms with Gasteiger partial charge in [-0.25, -0.2) is 4.39 Å². The lowest BCUT2D eigenvalue weighted by Crippen LogP contribution is -1.92. The van der Waals surface area contributed by atoms with E-state index in [2.05, 4.69) is 0 Å². The molecule has 0 unspecified atom stereocenters. The smallest absolute Gasteiger partial charge is 0.258 e. The van der Waals surface area contributed by atoms with Crippen molar-refractivity contribution in [3.05, 3.63) is 36.7 Å². The van der Waals surface area contributed by atoms with Crippen LogP contribution in [0.3, 0.4) is 0 Å². The summed E-state index contributed by atoms with van der Waals surface area (Å²) >= 11 is 7.19. The molecule has 0 saturated carbocycles. The van der Waals surface area contributed by atoms with Crippen LogP contribution in [0.1, 0.15) is 0 Å². The van der Waals surface area contributed by atoms with Crippen LogP contribution in [0.2, 0.25) is 5.02 Å². The van der Waals surface area contributed by atoms with E-state index in [1.165, 1.54) is 6.07 Å². The summed E-state index contributed by atoms with van der Waals surface area (Å²) in [6, 6.07) is 2.03. The van der Waals surface area contributed by atoms with Crippen LogP contribution in [0.15, 0.2) is 12.1 Å². The Morgan fingerprint density at radius 3 is 2.67 bits per heavy atom. The number of rotatable bonds is 1. The minimum atomic E-state index is -0.721. The van der Waals surface area contributed by atoms with Crippen LogP contribution in [0.25, 0.3) is 0 Å². The van der Waals surface area contributed by atoms with Crippen LogP contribution in [-0.4, -0.2) is 4.92 Å². The molecule has 3 nitrogen and oxygen atoms in total. The molecule has 0 heterocycles. The zero-order valence-electron chi connectivity index (χ0n) is 5.55.